The fourth-order valence-corrected chi connectivity index (χ4v) is 5.55. The van der Waals surface area contributed by atoms with E-state index in [0.717, 1.165) is 18.0 Å². The number of alkyl halides is 3. The first-order valence-corrected chi connectivity index (χ1v) is 11.7. The highest BCUT2D eigenvalue weighted by atomic mass is 32.1. The molecule has 0 aromatic carbocycles. The van der Waals surface area contributed by atoms with Crippen LogP contribution in [0.15, 0.2) is 30.7 Å². The summed E-state index contributed by atoms with van der Waals surface area (Å²) in [4.78, 5) is 28.3. The topological polar surface area (TPSA) is 121 Å². The lowest BCUT2D eigenvalue weighted by atomic mass is 9.63. The van der Waals surface area contributed by atoms with Crippen molar-refractivity contribution in [1.29, 1.82) is 0 Å². The zero-order valence-electron chi connectivity index (χ0n) is 19.2. The average Bonchev–Trinajstić information content (AvgIpc) is 3.23. The summed E-state index contributed by atoms with van der Waals surface area (Å²) in [5.74, 6) is -1.17. The largest absolute Gasteiger partial charge is 0.481 e. The summed E-state index contributed by atoms with van der Waals surface area (Å²) in [5.41, 5.74) is -1.60. The Morgan fingerprint density at radius 1 is 1.17 bits per heavy atom. The van der Waals surface area contributed by atoms with Gasteiger partial charge in [0, 0.05) is 12.3 Å². The van der Waals surface area contributed by atoms with Gasteiger partial charge in [-0.1, -0.05) is 13.8 Å². The first-order valence-electron chi connectivity index (χ1n) is 10.8. The number of anilines is 2. The summed E-state index contributed by atoms with van der Waals surface area (Å²) in [6.45, 7) is 5.49. The van der Waals surface area contributed by atoms with Gasteiger partial charge < -0.3 is 15.5 Å². The number of hydrogen-bond acceptors (Lipinski definition) is 8. The number of aromatic nitrogens is 4. The molecule has 4 rings (SSSR count). The number of halogens is 3. The van der Waals surface area contributed by atoms with Crippen LogP contribution in [0, 0.1) is 18.3 Å². The molecular formula is C23H24F3N5O3S. The molecule has 1 fully saturated rings. The van der Waals surface area contributed by atoms with E-state index in [1.165, 1.54) is 11.3 Å². The van der Waals surface area contributed by atoms with Crippen LogP contribution in [-0.4, -0.2) is 36.1 Å². The summed E-state index contributed by atoms with van der Waals surface area (Å²) in [5, 5.41) is 24.1. The van der Waals surface area contributed by atoms with E-state index < -0.39 is 34.8 Å². The van der Waals surface area contributed by atoms with Gasteiger partial charge in [-0.05, 0) is 49.3 Å². The Labute approximate surface area is 203 Å². The predicted molar refractivity (Wildman–Crippen MR) is 123 cm³/mol. The van der Waals surface area contributed by atoms with Crippen molar-refractivity contribution < 1.29 is 28.2 Å². The summed E-state index contributed by atoms with van der Waals surface area (Å²) >= 11 is 1.26. The van der Waals surface area contributed by atoms with Crippen molar-refractivity contribution in [3.05, 3.63) is 47.0 Å². The molecule has 0 aliphatic heterocycles. The molecule has 3 aromatic rings. The second-order valence-corrected chi connectivity index (χ2v) is 10.5. The minimum absolute atomic E-state index is 0.0481. The molecule has 0 bridgehead atoms. The second-order valence-electron chi connectivity index (χ2n) is 9.48. The zero-order valence-corrected chi connectivity index (χ0v) is 20.0. The van der Waals surface area contributed by atoms with Crippen molar-refractivity contribution in [2.45, 2.75) is 51.8 Å². The van der Waals surface area contributed by atoms with Crippen LogP contribution in [0.2, 0.25) is 0 Å². The fourth-order valence-electron chi connectivity index (χ4n) is 4.56. The highest BCUT2D eigenvalue weighted by molar-refractivity contribution is 7.15. The zero-order chi connectivity index (χ0) is 25.6. The number of carboxylic acids is 1. The van der Waals surface area contributed by atoms with Gasteiger partial charge in [-0.2, -0.15) is 13.2 Å². The normalized spacial score (nSPS) is 22.1. The maximum Gasteiger partial charge on any atom is 0.433 e. The molecule has 12 heteroatoms. The highest BCUT2D eigenvalue weighted by Gasteiger charge is 2.49. The number of aliphatic carboxylic acids is 1. The van der Waals surface area contributed by atoms with E-state index in [-0.39, 0.29) is 18.7 Å². The number of aliphatic hydroxyl groups is 1. The summed E-state index contributed by atoms with van der Waals surface area (Å²) in [6, 6.07) is 4.28. The molecule has 0 saturated heterocycles. The molecule has 3 aromatic heterocycles. The van der Waals surface area contributed by atoms with Crippen molar-refractivity contribution in [3.63, 3.8) is 0 Å². The lowest BCUT2D eigenvalue weighted by molar-refractivity contribution is -0.154. The maximum atomic E-state index is 13.0. The number of aryl methyl sites for hydroxylation is 1. The molecule has 3 N–H and O–H groups in total. The van der Waals surface area contributed by atoms with Gasteiger partial charge in [0.2, 0.25) is 0 Å². The number of nitrogens with zero attached hydrogens (tertiary/aromatic N) is 4. The Kier molecular flexibility index (Phi) is 6.30. The molecule has 0 radical (unpaired) electrons. The van der Waals surface area contributed by atoms with Gasteiger partial charge in [-0.3, -0.25) is 4.79 Å². The van der Waals surface area contributed by atoms with Crippen LogP contribution in [0.1, 0.15) is 49.4 Å². The first kappa shape index (κ1) is 25.0. The van der Waals surface area contributed by atoms with Crippen LogP contribution in [0.4, 0.5) is 24.8 Å². The second kappa shape index (κ2) is 8.83. The molecule has 0 amide bonds. The molecule has 3 heterocycles. The Morgan fingerprint density at radius 2 is 1.91 bits per heavy atom. The maximum absolute atomic E-state index is 13.0. The van der Waals surface area contributed by atoms with Gasteiger partial charge in [0.15, 0.2) is 0 Å². The third kappa shape index (κ3) is 5.27. The number of hydrogen-bond donors (Lipinski definition) is 3. The predicted octanol–water partition coefficient (Wildman–Crippen LogP) is 5.16. The van der Waals surface area contributed by atoms with Gasteiger partial charge in [-0.25, -0.2) is 19.9 Å². The molecule has 186 valence electrons. The van der Waals surface area contributed by atoms with E-state index in [4.69, 9.17) is 0 Å². The lowest BCUT2D eigenvalue weighted by Gasteiger charge is -2.44. The smallest absolute Gasteiger partial charge is 0.433 e. The van der Waals surface area contributed by atoms with Gasteiger partial charge in [-0.15, -0.1) is 11.3 Å². The number of carboxylic acid groups (broad SMARTS) is 1. The van der Waals surface area contributed by atoms with Crippen LogP contribution in [0.3, 0.4) is 0 Å². The third-order valence-corrected chi connectivity index (χ3v) is 7.39. The monoisotopic (exact) mass is 507 g/mol. The first-order chi connectivity index (χ1) is 16.3. The van der Waals surface area contributed by atoms with Crippen LogP contribution in [0.25, 0.3) is 10.6 Å². The number of pyridine rings is 1. The van der Waals surface area contributed by atoms with Gasteiger partial charge in [0.1, 0.15) is 34.3 Å². The molecule has 1 aliphatic carbocycles. The Morgan fingerprint density at radius 3 is 2.57 bits per heavy atom. The van der Waals surface area contributed by atoms with Gasteiger partial charge >= 0.3 is 12.1 Å². The van der Waals surface area contributed by atoms with Crippen molar-refractivity contribution in [2.24, 2.45) is 11.3 Å². The number of nitrogens with one attached hydrogen (secondary N) is 1. The van der Waals surface area contributed by atoms with E-state index in [1.54, 1.807) is 18.3 Å². The van der Waals surface area contributed by atoms with Crippen molar-refractivity contribution >= 4 is 28.9 Å². The van der Waals surface area contributed by atoms with Gasteiger partial charge in [0.05, 0.1) is 16.5 Å². The minimum atomic E-state index is -4.60. The van der Waals surface area contributed by atoms with Crippen LogP contribution >= 0.6 is 11.3 Å². The van der Waals surface area contributed by atoms with Crippen molar-refractivity contribution in [2.75, 3.05) is 5.32 Å². The van der Waals surface area contributed by atoms with Crippen molar-refractivity contribution in [1.82, 2.24) is 19.9 Å². The quantitative estimate of drug-likeness (QED) is 0.433. The summed E-state index contributed by atoms with van der Waals surface area (Å²) < 4.78 is 38.9. The number of carbonyl (C=O) groups is 1. The van der Waals surface area contributed by atoms with E-state index >= 15 is 0 Å². The molecular weight excluding hydrogens is 483 g/mol. The van der Waals surface area contributed by atoms with Crippen LogP contribution in [0.5, 0.6) is 0 Å². The molecule has 8 nitrogen and oxygen atoms in total. The standard InChI is InChI=1S/C23H24F3N5O3S/c1-12-6-14(30-18(7-12)31-17-8-16(23(24,25)26)28-11-29-17)15-9-27-20(35-15)22(34)5-4-13(19(32)33)21(2,3)10-22/h6-9,11,13,34H,4-5,10H2,1-3H3,(H,32,33)(H,28,29,30,31). The molecule has 1 aliphatic rings. The third-order valence-electron chi connectivity index (χ3n) is 6.18. The lowest BCUT2D eigenvalue weighted by Crippen LogP contribution is -2.44. The van der Waals surface area contributed by atoms with Crippen molar-refractivity contribution in [3.8, 4) is 10.6 Å². The summed E-state index contributed by atoms with van der Waals surface area (Å²) in [7, 11) is 0. The van der Waals surface area contributed by atoms with Crippen LogP contribution < -0.4 is 5.32 Å². The number of rotatable bonds is 5. The highest BCUT2D eigenvalue weighted by Crippen LogP contribution is 2.50. The molecule has 35 heavy (non-hydrogen) atoms. The number of thiazole rings is 1. The van der Waals surface area contributed by atoms with E-state index in [1.807, 2.05) is 20.8 Å². The summed E-state index contributed by atoms with van der Waals surface area (Å²) in [6.07, 6.45) is -1.30. The average molecular weight is 508 g/mol. The van der Waals surface area contributed by atoms with E-state index in [9.17, 15) is 28.2 Å². The van der Waals surface area contributed by atoms with Gasteiger partial charge in [0.25, 0.3) is 0 Å². The van der Waals surface area contributed by atoms with E-state index in [0.29, 0.717) is 27.8 Å². The molecule has 0 spiro atoms. The molecule has 2 unspecified atom stereocenters. The Bertz CT molecular complexity index is 1260. The molecule has 1 saturated carbocycles. The SMILES string of the molecule is Cc1cc(Nc2cc(C(F)(F)F)ncn2)nc(-c2cnc(C3(O)CCC(C(=O)O)C(C)(C)C3)s2)c1. The Balaban J connectivity index is 1.59. The fraction of sp³-hybridized carbons (Fsp3) is 0.435. The minimum Gasteiger partial charge on any atom is -0.481 e. The molecule has 2 atom stereocenters. The van der Waals surface area contributed by atoms with Crippen LogP contribution in [-0.2, 0) is 16.6 Å². The van der Waals surface area contributed by atoms with E-state index in [2.05, 4.69) is 25.3 Å². The Hall–Kier alpha value is -3.12.